The number of hydrogen-bond acceptors (Lipinski definition) is 0. The van der Waals surface area contributed by atoms with Crippen LogP contribution in [0.5, 0.6) is 0 Å². The zero-order chi connectivity index (χ0) is 19.0. The Labute approximate surface area is 161 Å². The fourth-order valence-electron chi connectivity index (χ4n) is 6.10. The summed E-state index contributed by atoms with van der Waals surface area (Å²) in [5.41, 5.74) is 3.13. The monoisotopic (exact) mass is 376 g/mol. The molecule has 5 unspecified atom stereocenters. The Morgan fingerprint density at radius 1 is 1.04 bits per heavy atom. The van der Waals surface area contributed by atoms with Crippen LogP contribution in [0.4, 0.5) is 13.2 Å². The van der Waals surface area contributed by atoms with Gasteiger partial charge in [-0.2, -0.15) is 8.78 Å². The lowest BCUT2D eigenvalue weighted by Crippen LogP contribution is -2.30. The standard InChI is InChI=1S/C24H31F3/c1-2-15-4-9-21-19(11-15)8-10-22(24(21)27)20-7-6-17-12-16(13-23(25)26)3-5-18(17)14-20/h8,10,13,15-18,20H,2-7,9,11-12,14H2,1H3. The molecule has 2 saturated carbocycles. The average molecular weight is 377 g/mol. The van der Waals surface area contributed by atoms with Crippen LogP contribution in [-0.2, 0) is 12.8 Å². The van der Waals surface area contributed by atoms with Crippen molar-refractivity contribution in [2.24, 2.45) is 23.7 Å². The molecule has 0 amide bonds. The largest absolute Gasteiger partial charge is 0.266 e. The summed E-state index contributed by atoms with van der Waals surface area (Å²) < 4.78 is 40.5. The Morgan fingerprint density at radius 3 is 2.59 bits per heavy atom. The molecule has 0 heterocycles. The molecule has 0 aliphatic heterocycles. The summed E-state index contributed by atoms with van der Waals surface area (Å²) in [6.07, 6.45) is 9.68. The van der Waals surface area contributed by atoms with Crippen molar-refractivity contribution in [3.05, 3.63) is 46.8 Å². The third-order valence-corrected chi connectivity index (χ3v) is 7.71. The minimum absolute atomic E-state index is 0.0415. The Bertz CT molecular complexity index is 704. The number of hydrogen-bond donors (Lipinski definition) is 0. The summed E-state index contributed by atoms with van der Waals surface area (Å²) in [5.74, 6) is 2.25. The fraction of sp³-hybridized carbons (Fsp3) is 0.667. The second-order valence-corrected chi connectivity index (χ2v) is 9.18. The van der Waals surface area contributed by atoms with Gasteiger partial charge in [-0.1, -0.05) is 25.5 Å². The van der Waals surface area contributed by atoms with E-state index < -0.39 is 6.08 Å². The molecule has 3 heteroatoms. The molecule has 5 atom stereocenters. The van der Waals surface area contributed by atoms with E-state index in [9.17, 15) is 8.78 Å². The van der Waals surface area contributed by atoms with Crippen molar-refractivity contribution in [2.45, 2.75) is 77.0 Å². The first kappa shape index (κ1) is 19.1. The SMILES string of the molecule is CCC1CCc2c(ccc(C3CCC4CC(C=C(F)F)CCC4C3)c2F)C1. The highest BCUT2D eigenvalue weighted by Gasteiger charge is 2.37. The molecule has 0 bridgehead atoms. The maximum Gasteiger partial charge on any atom is 0.266 e. The Kier molecular flexibility index (Phi) is 5.66. The maximum atomic E-state index is 15.3. The predicted molar refractivity (Wildman–Crippen MR) is 103 cm³/mol. The molecule has 1 aromatic carbocycles. The van der Waals surface area contributed by atoms with Gasteiger partial charge in [0.05, 0.1) is 0 Å². The summed E-state index contributed by atoms with van der Waals surface area (Å²) in [4.78, 5) is 0. The molecule has 148 valence electrons. The van der Waals surface area contributed by atoms with Crippen LogP contribution in [0, 0.1) is 29.5 Å². The van der Waals surface area contributed by atoms with Crippen molar-refractivity contribution < 1.29 is 13.2 Å². The van der Waals surface area contributed by atoms with E-state index in [-0.39, 0.29) is 11.7 Å². The zero-order valence-electron chi connectivity index (χ0n) is 16.3. The van der Waals surface area contributed by atoms with Gasteiger partial charge in [-0.15, -0.1) is 0 Å². The lowest BCUT2D eigenvalue weighted by molar-refractivity contribution is 0.131. The van der Waals surface area contributed by atoms with Crippen LogP contribution in [0.25, 0.3) is 0 Å². The molecular formula is C24H31F3. The number of benzene rings is 1. The van der Waals surface area contributed by atoms with Gasteiger partial charge in [0.25, 0.3) is 6.08 Å². The van der Waals surface area contributed by atoms with Gasteiger partial charge < -0.3 is 0 Å². The lowest BCUT2D eigenvalue weighted by atomic mass is 9.63. The zero-order valence-corrected chi connectivity index (χ0v) is 16.3. The number of fused-ring (bicyclic) bond motifs is 2. The summed E-state index contributed by atoms with van der Waals surface area (Å²) in [7, 11) is 0. The highest BCUT2D eigenvalue weighted by Crippen LogP contribution is 2.49. The summed E-state index contributed by atoms with van der Waals surface area (Å²) in [6, 6.07) is 4.25. The number of allylic oxidation sites excluding steroid dienone is 1. The van der Waals surface area contributed by atoms with Gasteiger partial charge in [-0.25, -0.2) is 4.39 Å². The first-order chi connectivity index (χ1) is 13.0. The Hall–Kier alpha value is -1.25. The van der Waals surface area contributed by atoms with Gasteiger partial charge in [0.1, 0.15) is 5.82 Å². The first-order valence-electron chi connectivity index (χ1n) is 10.9. The molecule has 0 radical (unpaired) electrons. The normalized spacial score (nSPS) is 33.1. The first-order valence-corrected chi connectivity index (χ1v) is 10.9. The van der Waals surface area contributed by atoms with Gasteiger partial charge in [-0.3, -0.25) is 0 Å². The van der Waals surface area contributed by atoms with E-state index in [1.807, 2.05) is 0 Å². The van der Waals surface area contributed by atoms with Crippen molar-refractivity contribution in [3.8, 4) is 0 Å². The molecular weight excluding hydrogens is 345 g/mol. The highest BCUT2D eigenvalue weighted by molar-refractivity contribution is 5.38. The fourth-order valence-corrected chi connectivity index (χ4v) is 6.10. The number of rotatable bonds is 3. The van der Waals surface area contributed by atoms with E-state index in [0.717, 1.165) is 75.0 Å². The van der Waals surface area contributed by atoms with Gasteiger partial charge >= 0.3 is 0 Å². The van der Waals surface area contributed by atoms with Gasteiger partial charge in [0, 0.05) is 0 Å². The molecule has 27 heavy (non-hydrogen) atoms. The third kappa shape index (κ3) is 3.98. The molecule has 2 fully saturated rings. The predicted octanol–water partition coefficient (Wildman–Crippen LogP) is 7.42. The quantitative estimate of drug-likeness (QED) is 0.515. The van der Waals surface area contributed by atoms with Gasteiger partial charge in [-0.05, 0) is 110 Å². The molecule has 3 aliphatic rings. The molecule has 0 nitrogen and oxygen atoms in total. The van der Waals surface area contributed by atoms with Crippen molar-refractivity contribution in [2.75, 3.05) is 0 Å². The van der Waals surface area contributed by atoms with E-state index in [4.69, 9.17) is 0 Å². The van der Waals surface area contributed by atoms with Crippen LogP contribution in [0.1, 0.15) is 80.9 Å². The Balaban J connectivity index is 1.46. The Morgan fingerprint density at radius 2 is 1.81 bits per heavy atom. The lowest BCUT2D eigenvalue weighted by Gasteiger charge is -2.42. The minimum atomic E-state index is -1.53. The molecule has 1 aromatic rings. The molecule has 4 rings (SSSR count). The van der Waals surface area contributed by atoms with E-state index in [1.165, 1.54) is 12.0 Å². The smallest absolute Gasteiger partial charge is 0.206 e. The second kappa shape index (κ2) is 8.01. The highest BCUT2D eigenvalue weighted by atomic mass is 19.3. The van der Waals surface area contributed by atoms with Crippen LogP contribution in [0.3, 0.4) is 0 Å². The average Bonchev–Trinajstić information content (AvgIpc) is 2.67. The van der Waals surface area contributed by atoms with Crippen LogP contribution in [0.15, 0.2) is 24.3 Å². The van der Waals surface area contributed by atoms with Gasteiger partial charge in [0.2, 0.25) is 0 Å². The molecule has 0 aromatic heterocycles. The van der Waals surface area contributed by atoms with E-state index >= 15 is 4.39 Å². The van der Waals surface area contributed by atoms with Crippen molar-refractivity contribution >= 4 is 0 Å². The molecule has 3 aliphatic carbocycles. The van der Waals surface area contributed by atoms with Crippen LogP contribution in [-0.4, -0.2) is 0 Å². The van der Waals surface area contributed by atoms with Crippen molar-refractivity contribution in [1.82, 2.24) is 0 Å². The van der Waals surface area contributed by atoms with Crippen LogP contribution in [0.2, 0.25) is 0 Å². The summed E-state index contributed by atoms with van der Waals surface area (Å²) >= 11 is 0. The van der Waals surface area contributed by atoms with Gasteiger partial charge in [0.15, 0.2) is 0 Å². The van der Waals surface area contributed by atoms with E-state index in [0.29, 0.717) is 23.7 Å². The topological polar surface area (TPSA) is 0 Å². The number of halogens is 3. The molecule has 0 saturated heterocycles. The van der Waals surface area contributed by atoms with Crippen molar-refractivity contribution in [3.63, 3.8) is 0 Å². The van der Waals surface area contributed by atoms with Crippen LogP contribution >= 0.6 is 0 Å². The maximum absolute atomic E-state index is 15.3. The molecule has 0 N–H and O–H groups in total. The van der Waals surface area contributed by atoms with Crippen LogP contribution < -0.4 is 0 Å². The second-order valence-electron chi connectivity index (χ2n) is 9.18. The van der Waals surface area contributed by atoms with Crippen molar-refractivity contribution in [1.29, 1.82) is 0 Å². The van der Waals surface area contributed by atoms with E-state index in [2.05, 4.69) is 19.1 Å². The third-order valence-electron chi connectivity index (χ3n) is 7.71. The molecule has 0 spiro atoms. The summed E-state index contributed by atoms with van der Waals surface area (Å²) in [5, 5.41) is 0. The van der Waals surface area contributed by atoms with E-state index in [1.54, 1.807) is 0 Å². The minimum Gasteiger partial charge on any atom is -0.206 e. The summed E-state index contributed by atoms with van der Waals surface area (Å²) in [6.45, 7) is 2.23.